The molecule has 8 heteroatoms. The normalized spacial score (nSPS) is 14.4. The van der Waals surface area contributed by atoms with E-state index in [9.17, 15) is 9.59 Å². The van der Waals surface area contributed by atoms with Crippen LogP contribution in [-0.4, -0.2) is 38.2 Å². The molecule has 32 heavy (non-hydrogen) atoms. The first-order valence-corrected chi connectivity index (χ1v) is 12.8. The molecule has 4 rings (SSSR count). The standard InChI is InChI=1S/C24H28N4O2S2/c1-5-22(30)28(19-11-12-19)23-25-26-24(32-23)31-14-21(29)20-13-15(2)27(17(20)4)16(3)18-9-7-6-8-10-18/h6-10,13,16,19H,5,11-12,14H2,1-4H3. The molecule has 2 aromatic heterocycles. The van der Waals surface area contributed by atoms with Crippen LogP contribution in [0, 0.1) is 13.8 Å². The summed E-state index contributed by atoms with van der Waals surface area (Å²) in [5, 5.41) is 9.09. The maximum absolute atomic E-state index is 13.0. The Morgan fingerprint density at radius 1 is 1.22 bits per heavy atom. The van der Waals surface area contributed by atoms with Crippen LogP contribution in [0.15, 0.2) is 40.7 Å². The highest BCUT2D eigenvalue weighted by atomic mass is 32.2. The quantitative estimate of drug-likeness (QED) is 0.237. The van der Waals surface area contributed by atoms with Gasteiger partial charge in [0.05, 0.1) is 11.8 Å². The van der Waals surface area contributed by atoms with Crippen LogP contribution >= 0.6 is 23.1 Å². The van der Waals surface area contributed by atoms with E-state index < -0.39 is 0 Å². The van der Waals surface area contributed by atoms with Gasteiger partial charge >= 0.3 is 0 Å². The SMILES string of the molecule is CCC(=O)N(c1nnc(SCC(=O)c2cc(C)n(C(C)c3ccccc3)c2C)s1)C1CC1. The van der Waals surface area contributed by atoms with Gasteiger partial charge in [-0.15, -0.1) is 10.2 Å². The first kappa shape index (κ1) is 22.7. The minimum Gasteiger partial charge on any atom is -0.341 e. The van der Waals surface area contributed by atoms with Gasteiger partial charge in [0, 0.05) is 29.4 Å². The van der Waals surface area contributed by atoms with Crippen molar-refractivity contribution in [2.24, 2.45) is 0 Å². The molecule has 0 spiro atoms. The van der Waals surface area contributed by atoms with E-state index in [1.165, 1.54) is 28.7 Å². The zero-order valence-electron chi connectivity index (χ0n) is 18.9. The molecule has 0 saturated heterocycles. The lowest BCUT2D eigenvalue weighted by molar-refractivity contribution is -0.118. The molecule has 0 N–H and O–H groups in total. The predicted molar refractivity (Wildman–Crippen MR) is 130 cm³/mol. The molecule has 2 heterocycles. The molecule has 1 atom stereocenters. The van der Waals surface area contributed by atoms with Gasteiger partial charge in [0.1, 0.15) is 0 Å². The van der Waals surface area contributed by atoms with E-state index >= 15 is 0 Å². The van der Waals surface area contributed by atoms with Crippen molar-refractivity contribution in [3.63, 3.8) is 0 Å². The summed E-state index contributed by atoms with van der Waals surface area (Å²) < 4.78 is 2.94. The van der Waals surface area contributed by atoms with Crippen molar-refractivity contribution in [2.75, 3.05) is 10.7 Å². The molecule has 1 aliphatic rings. The number of nitrogens with zero attached hydrogens (tertiary/aromatic N) is 4. The number of carbonyl (C=O) groups is 2. The van der Waals surface area contributed by atoms with Crippen molar-refractivity contribution in [3.8, 4) is 0 Å². The van der Waals surface area contributed by atoms with Crippen LogP contribution in [0.4, 0.5) is 5.13 Å². The number of hydrogen-bond acceptors (Lipinski definition) is 6. The zero-order valence-corrected chi connectivity index (χ0v) is 20.5. The van der Waals surface area contributed by atoms with Gasteiger partial charge in [0.15, 0.2) is 10.1 Å². The van der Waals surface area contributed by atoms with E-state index in [1.807, 2.05) is 45.0 Å². The molecule has 1 saturated carbocycles. The number of aromatic nitrogens is 3. The summed E-state index contributed by atoms with van der Waals surface area (Å²) in [6.07, 6.45) is 2.49. The number of benzene rings is 1. The summed E-state index contributed by atoms with van der Waals surface area (Å²) in [4.78, 5) is 27.1. The molecular weight excluding hydrogens is 440 g/mol. The number of amides is 1. The third-order valence-electron chi connectivity index (χ3n) is 5.87. The molecule has 1 amide bonds. The Kier molecular flexibility index (Phi) is 6.81. The lowest BCUT2D eigenvalue weighted by atomic mass is 10.1. The summed E-state index contributed by atoms with van der Waals surface area (Å²) in [5.41, 5.74) is 4.02. The van der Waals surface area contributed by atoms with Gasteiger partial charge in [-0.2, -0.15) is 0 Å². The van der Waals surface area contributed by atoms with Crippen LogP contribution < -0.4 is 4.90 Å². The van der Waals surface area contributed by atoms with Gasteiger partial charge in [-0.25, -0.2) is 0 Å². The molecule has 1 aliphatic carbocycles. The molecule has 0 aliphatic heterocycles. The molecule has 6 nitrogen and oxygen atoms in total. The second-order valence-electron chi connectivity index (χ2n) is 8.15. The third kappa shape index (κ3) is 4.66. The second kappa shape index (κ2) is 9.58. The maximum Gasteiger partial charge on any atom is 0.228 e. The summed E-state index contributed by atoms with van der Waals surface area (Å²) in [7, 11) is 0. The molecule has 1 aromatic carbocycles. The van der Waals surface area contributed by atoms with Gasteiger partial charge in [-0.3, -0.25) is 14.5 Å². The van der Waals surface area contributed by atoms with E-state index in [4.69, 9.17) is 0 Å². The number of ketones is 1. The topological polar surface area (TPSA) is 68.1 Å². The summed E-state index contributed by atoms with van der Waals surface area (Å²) in [6.45, 7) is 8.08. The second-order valence-corrected chi connectivity index (χ2v) is 10.3. The molecule has 168 valence electrons. The maximum atomic E-state index is 13.0. The van der Waals surface area contributed by atoms with E-state index in [2.05, 4.69) is 33.8 Å². The average Bonchev–Trinajstić information content (AvgIpc) is 3.44. The average molecular weight is 469 g/mol. The lowest BCUT2D eigenvalue weighted by Gasteiger charge is -2.19. The van der Waals surface area contributed by atoms with Crippen LogP contribution in [0.5, 0.6) is 0 Å². The van der Waals surface area contributed by atoms with E-state index in [1.54, 1.807) is 4.90 Å². The van der Waals surface area contributed by atoms with Crippen LogP contribution in [0.1, 0.15) is 66.5 Å². The fraction of sp³-hybridized carbons (Fsp3) is 0.417. The van der Waals surface area contributed by atoms with Crippen molar-refractivity contribution in [2.45, 2.75) is 63.4 Å². The molecule has 1 unspecified atom stereocenters. The lowest BCUT2D eigenvalue weighted by Crippen LogP contribution is -2.32. The molecule has 1 fully saturated rings. The van der Waals surface area contributed by atoms with Gasteiger partial charge in [0.2, 0.25) is 11.0 Å². The fourth-order valence-corrected chi connectivity index (χ4v) is 5.88. The Morgan fingerprint density at radius 2 is 1.94 bits per heavy atom. The van der Waals surface area contributed by atoms with Crippen LogP contribution in [0.25, 0.3) is 0 Å². The number of carbonyl (C=O) groups excluding carboxylic acids is 2. The Bertz CT molecular complexity index is 1120. The fourth-order valence-electron chi connectivity index (χ4n) is 4.07. The number of aryl methyl sites for hydroxylation is 1. The van der Waals surface area contributed by atoms with Crippen LogP contribution in [-0.2, 0) is 4.79 Å². The van der Waals surface area contributed by atoms with E-state index in [0.29, 0.717) is 17.3 Å². The first-order valence-electron chi connectivity index (χ1n) is 11.0. The first-order chi connectivity index (χ1) is 15.4. The summed E-state index contributed by atoms with van der Waals surface area (Å²) >= 11 is 2.78. The van der Waals surface area contributed by atoms with Crippen LogP contribution in [0.2, 0.25) is 0 Å². The Balaban J connectivity index is 1.45. The Hall–Kier alpha value is -2.45. The van der Waals surface area contributed by atoms with Gasteiger partial charge < -0.3 is 4.57 Å². The van der Waals surface area contributed by atoms with E-state index in [-0.39, 0.29) is 23.8 Å². The number of Topliss-reactive ketones (excluding diaryl/α,β-unsaturated/α-hetero) is 1. The van der Waals surface area contributed by atoms with Gasteiger partial charge in [-0.1, -0.05) is 60.4 Å². The number of rotatable bonds is 9. The molecule has 0 radical (unpaired) electrons. The Morgan fingerprint density at radius 3 is 2.59 bits per heavy atom. The highest BCUT2D eigenvalue weighted by molar-refractivity contribution is 8.01. The molecule has 0 bridgehead atoms. The predicted octanol–water partition coefficient (Wildman–Crippen LogP) is 5.45. The van der Waals surface area contributed by atoms with Gasteiger partial charge in [0.25, 0.3) is 0 Å². The van der Waals surface area contributed by atoms with Crippen LogP contribution in [0.3, 0.4) is 0 Å². The van der Waals surface area contributed by atoms with Crippen molar-refractivity contribution >= 4 is 39.9 Å². The minimum atomic E-state index is 0.0787. The van der Waals surface area contributed by atoms with Crippen molar-refractivity contribution in [3.05, 3.63) is 58.9 Å². The highest BCUT2D eigenvalue weighted by Crippen LogP contribution is 2.36. The van der Waals surface area contributed by atoms with Crippen molar-refractivity contribution in [1.82, 2.24) is 14.8 Å². The number of anilines is 1. The number of hydrogen-bond donors (Lipinski definition) is 0. The minimum absolute atomic E-state index is 0.0787. The molecule has 3 aromatic rings. The zero-order chi connectivity index (χ0) is 22.8. The summed E-state index contributed by atoms with van der Waals surface area (Å²) in [6, 6.07) is 12.7. The number of thioether (sulfide) groups is 1. The largest absolute Gasteiger partial charge is 0.341 e. The summed E-state index contributed by atoms with van der Waals surface area (Å²) in [5.74, 6) is 0.454. The van der Waals surface area contributed by atoms with Crippen molar-refractivity contribution in [1.29, 1.82) is 0 Å². The van der Waals surface area contributed by atoms with Gasteiger partial charge in [-0.05, 0) is 45.2 Å². The molecular formula is C24H28N4O2S2. The van der Waals surface area contributed by atoms with Crippen molar-refractivity contribution < 1.29 is 9.59 Å². The monoisotopic (exact) mass is 468 g/mol. The van der Waals surface area contributed by atoms with E-state index in [0.717, 1.165) is 34.1 Å². The highest BCUT2D eigenvalue weighted by Gasteiger charge is 2.35. The smallest absolute Gasteiger partial charge is 0.228 e. The Labute approximate surface area is 197 Å². The third-order valence-corrected chi connectivity index (χ3v) is 7.92.